The van der Waals surface area contributed by atoms with Crippen molar-refractivity contribution in [2.24, 2.45) is 5.73 Å². The molecular weight excluding hydrogens is 184 g/mol. The van der Waals surface area contributed by atoms with Crippen LogP contribution in [0.4, 0.5) is 4.79 Å². The lowest BCUT2D eigenvalue weighted by molar-refractivity contribution is 0.0965. The van der Waals surface area contributed by atoms with Gasteiger partial charge in [-0.2, -0.15) is 10.2 Å². The van der Waals surface area contributed by atoms with E-state index in [2.05, 4.69) is 10.2 Å². The van der Waals surface area contributed by atoms with Gasteiger partial charge in [-0.3, -0.25) is 10.1 Å². The van der Waals surface area contributed by atoms with E-state index in [0.29, 0.717) is 17.0 Å². The van der Waals surface area contributed by atoms with Gasteiger partial charge >= 0.3 is 6.03 Å². The van der Waals surface area contributed by atoms with Crippen molar-refractivity contribution in [3.05, 3.63) is 23.0 Å². The van der Waals surface area contributed by atoms with Gasteiger partial charge in [0.1, 0.15) is 0 Å². The minimum Gasteiger partial charge on any atom is -0.351 e. The number of imide groups is 1. The highest BCUT2D eigenvalue weighted by Crippen LogP contribution is 2.04. The molecule has 0 radical (unpaired) electrons. The van der Waals surface area contributed by atoms with E-state index in [1.54, 1.807) is 19.9 Å². The van der Waals surface area contributed by atoms with E-state index in [1.165, 1.54) is 0 Å². The highest BCUT2D eigenvalue weighted by atomic mass is 16.2. The summed E-state index contributed by atoms with van der Waals surface area (Å²) in [5.41, 5.74) is 6.17. The number of nitrogens with one attached hydrogen (secondary N) is 1. The molecule has 0 unspecified atom stereocenters. The lowest BCUT2D eigenvalue weighted by atomic mass is 10.2. The van der Waals surface area contributed by atoms with Gasteiger partial charge in [-0.05, 0) is 19.9 Å². The Morgan fingerprint density at radius 2 is 2.00 bits per heavy atom. The molecule has 0 bridgehead atoms. The molecule has 0 spiro atoms. The summed E-state index contributed by atoms with van der Waals surface area (Å²) >= 11 is 0. The van der Waals surface area contributed by atoms with E-state index < -0.39 is 11.9 Å². The second-order valence-corrected chi connectivity index (χ2v) is 2.80. The van der Waals surface area contributed by atoms with Crippen molar-refractivity contribution < 1.29 is 9.59 Å². The van der Waals surface area contributed by atoms with Gasteiger partial charge in [0.15, 0.2) is 0 Å². The highest BCUT2D eigenvalue weighted by Gasteiger charge is 2.12. The SMILES string of the molecule is Cc1cc(C(=O)NC(N)=O)c(C)nn1. The molecule has 0 aromatic carbocycles. The molecule has 0 atom stereocenters. The van der Waals surface area contributed by atoms with Gasteiger partial charge in [0.2, 0.25) is 0 Å². The minimum absolute atomic E-state index is 0.302. The van der Waals surface area contributed by atoms with Crippen LogP contribution in [0.3, 0.4) is 0 Å². The zero-order valence-corrected chi connectivity index (χ0v) is 7.87. The third-order valence-corrected chi connectivity index (χ3v) is 1.58. The van der Waals surface area contributed by atoms with Gasteiger partial charge in [0.25, 0.3) is 5.91 Å². The van der Waals surface area contributed by atoms with E-state index >= 15 is 0 Å². The fourth-order valence-corrected chi connectivity index (χ4v) is 0.959. The predicted octanol–water partition coefficient (Wildman–Crippen LogP) is -0.0981. The molecule has 0 saturated heterocycles. The molecule has 0 saturated carbocycles. The van der Waals surface area contributed by atoms with Crippen molar-refractivity contribution in [1.82, 2.24) is 15.5 Å². The summed E-state index contributed by atoms with van der Waals surface area (Å²) in [6.45, 7) is 3.33. The highest BCUT2D eigenvalue weighted by molar-refractivity contribution is 6.04. The summed E-state index contributed by atoms with van der Waals surface area (Å²) in [4.78, 5) is 21.8. The molecule has 1 rings (SSSR count). The molecule has 1 heterocycles. The molecule has 0 fully saturated rings. The molecule has 0 aliphatic heterocycles. The number of carbonyl (C=O) groups excluding carboxylic acids is 2. The first kappa shape index (κ1) is 10.1. The fraction of sp³-hybridized carbons (Fsp3) is 0.250. The van der Waals surface area contributed by atoms with Crippen LogP contribution in [0, 0.1) is 13.8 Å². The number of primary amides is 1. The topological polar surface area (TPSA) is 98.0 Å². The second-order valence-electron chi connectivity index (χ2n) is 2.80. The number of aromatic nitrogens is 2. The predicted molar refractivity (Wildman–Crippen MR) is 48.6 cm³/mol. The summed E-state index contributed by atoms with van der Waals surface area (Å²) < 4.78 is 0. The molecule has 0 aliphatic rings. The molecule has 6 nitrogen and oxygen atoms in total. The summed E-state index contributed by atoms with van der Waals surface area (Å²) in [5, 5.41) is 9.46. The third kappa shape index (κ3) is 2.25. The zero-order valence-electron chi connectivity index (χ0n) is 7.87. The van der Waals surface area contributed by atoms with Crippen LogP contribution in [-0.4, -0.2) is 22.1 Å². The minimum atomic E-state index is -0.885. The number of nitrogens with zero attached hydrogens (tertiary/aromatic N) is 2. The number of rotatable bonds is 1. The number of carbonyl (C=O) groups is 2. The Balaban J connectivity index is 3.00. The van der Waals surface area contributed by atoms with Gasteiger partial charge in [-0.1, -0.05) is 0 Å². The van der Waals surface area contributed by atoms with E-state index in [0.717, 1.165) is 0 Å². The van der Waals surface area contributed by atoms with Crippen molar-refractivity contribution >= 4 is 11.9 Å². The first-order valence-corrected chi connectivity index (χ1v) is 3.92. The molecule has 1 aromatic rings. The van der Waals surface area contributed by atoms with Crippen LogP contribution in [-0.2, 0) is 0 Å². The van der Waals surface area contributed by atoms with Crippen molar-refractivity contribution in [3.8, 4) is 0 Å². The summed E-state index contributed by atoms with van der Waals surface area (Å²) in [7, 11) is 0. The van der Waals surface area contributed by atoms with Crippen molar-refractivity contribution in [1.29, 1.82) is 0 Å². The lowest BCUT2D eigenvalue weighted by Gasteiger charge is -2.03. The van der Waals surface area contributed by atoms with Crippen LogP contribution in [0.5, 0.6) is 0 Å². The summed E-state index contributed by atoms with van der Waals surface area (Å²) in [5.74, 6) is -0.562. The van der Waals surface area contributed by atoms with Gasteiger partial charge in [0, 0.05) is 0 Å². The summed E-state index contributed by atoms with van der Waals surface area (Å²) in [6, 6.07) is 0.657. The maximum atomic E-state index is 11.3. The van der Waals surface area contributed by atoms with Crippen LogP contribution in [0.1, 0.15) is 21.7 Å². The Bertz CT molecular complexity index is 389. The quantitative estimate of drug-likeness (QED) is 0.652. The fourth-order valence-electron chi connectivity index (χ4n) is 0.959. The van der Waals surface area contributed by atoms with Crippen LogP contribution in [0.2, 0.25) is 0 Å². The molecule has 74 valence electrons. The van der Waals surface area contributed by atoms with Crippen molar-refractivity contribution in [2.45, 2.75) is 13.8 Å². The first-order valence-electron chi connectivity index (χ1n) is 3.92. The number of aryl methyl sites for hydroxylation is 2. The first-order chi connectivity index (χ1) is 6.50. The van der Waals surface area contributed by atoms with Gasteiger partial charge in [-0.25, -0.2) is 4.79 Å². The maximum absolute atomic E-state index is 11.3. The van der Waals surface area contributed by atoms with Gasteiger partial charge < -0.3 is 5.73 Å². The van der Waals surface area contributed by atoms with Gasteiger partial charge in [0.05, 0.1) is 17.0 Å². The molecule has 6 heteroatoms. The van der Waals surface area contributed by atoms with E-state index in [9.17, 15) is 9.59 Å². The number of hydrogen-bond acceptors (Lipinski definition) is 4. The number of amides is 3. The molecule has 1 aromatic heterocycles. The van der Waals surface area contributed by atoms with E-state index in [-0.39, 0.29) is 0 Å². The van der Waals surface area contributed by atoms with Crippen LogP contribution in [0.15, 0.2) is 6.07 Å². The number of urea groups is 1. The average Bonchev–Trinajstić information content (AvgIpc) is 2.08. The van der Waals surface area contributed by atoms with Crippen LogP contribution < -0.4 is 11.1 Å². The largest absolute Gasteiger partial charge is 0.351 e. The smallest absolute Gasteiger partial charge is 0.319 e. The Kier molecular flexibility index (Phi) is 2.76. The summed E-state index contributed by atoms with van der Waals surface area (Å²) in [6.07, 6.45) is 0. The van der Waals surface area contributed by atoms with Crippen molar-refractivity contribution in [2.75, 3.05) is 0 Å². The van der Waals surface area contributed by atoms with Crippen molar-refractivity contribution in [3.63, 3.8) is 0 Å². The maximum Gasteiger partial charge on any atom is 0.319 e. The number of nitrogens with two attached hydrogens (primary N) is 1. The monoisotopic (exact) mass is 194 g/mol. The Labute approximate surface area is 80.5 Å². The van der Waals surface area contributed by atoms with E-state index in [1.807, 2.05) is 5.32 Å². The number of hydrogen-bond donors (Lipinski definition) is 2. The van der Waals surface area contributed by atoms with Crippen LogP contribution >= 0.6 is 0 Å². The average molecular weight is 194 g/mol. The third-order valence-electron chi connectivity index (χ3n) is 1.58. The molecule has 3 amide bonds. The normalized spacial score (nSPS) is 9.57. The second kappa shape index (κ2) is 3.82. The Hall–Kier alpha value is -1.98. The van der Waals surface area contributed by atoms with Crippen LogP contribution in [0.25, 0.3) is 0 Å². The zero-order chi connectivity index (χ0) is 10.7. The van der Waals surface area contributed by atoms with E-state index in [4.69, 9.17) is 5.73 Å². The Morgan fingerprint density at radius 1 is 1.36 bits per heavy atom. The van der Waals surface area contributed by atoms with Gasteiger partial charge in [-0.15, -0.1) is 0 Å². The molecule has 14 heavy (non-hydrogen) atoms. The molecular formula is C8H10N4O2. The molecule has 0 aliphatic carbocycles. The standard InChI is InChI=1S/C8H10N4O2/c1-4-3-6(5(2)12-11-4)7(13)10-8(9)14/h3H,1-2H3,(H3,9,10,13,14). The lowest BCUT2D eigenvalue weighted by Crippen LogP contribution is -2.35. The Morgan fingerprint density at radius 3 is 2.57 bits per heavy atom. The molecule has 3 N–H and O–H groups in total.